The summed E-state index contributed by atoms with van der Waals surface area (Å²) in [5.74, 6) is -1.37. The molecule has 0 saturated carbocycles. The molecule has 1 N–H and O–H groups in total. The Bertz CT molecular complexity index is 1300. The first kappa shape index (κ1) is 27.3. The number of hydrogen-bond donors (Lipinski definition) is 1. The molecule has 36 heavy (non-hydrogen) atoms. The lowest BCUT2D eigenvalue weighted by molar-refractivity contribution is -0.139. The van der Waals surface area contributed by atoms with Crippen LogP contribution < -0.4 is 0 Å². The van der Waals surface area contributed by atoms with Crippen LogP contribution in [0.4, 0.5) is 4.39 Å². The molecule has 0 bridgehead atoms. The summed E-state index contributed by atoms with van der Waals surface area (Å²) in [6, 6.07) is 15.8. The van der Waals surface area contributed by atoms with Crippen LogP contribution in [0.1, 0.15) is 48.7 Å². The van der Waals surface area contributed by atoms with E-state index in [4.69, 9.17) is 15.9 Å². The zero-order valence-corrected chi connectivity index (χ0v) is 21.6. The van der Waals surface area contributed by atoms with Crippen LogP contribution in [0.3, 0.4) is 0 Å². The smallest absolute Gasteiger partial charge is 0.322 e. The number of benzene rings is 2. The van der Waals surface area contributed by atoms with Gasteiger partial charge in [0.05, 0.1) is 23.9 Å². The van der Waals surface area contributed by atoms with Crippen LogP contribution in [0.15, 0.2) is 54.6 Å². The number of esters is 1. The number of aliphatic hydroxyl groups is 1. The molecule has 0 saturated heterocycles. The van der Waals surface area contributed by atoms with Gasteiger partial charge in [0.2, 0.25) is 8.03 Å². The normalized spacial score (nSPS) is 13.6. The van der Waals surface area contributed by atoms with Crippen molar-refractivity contribution in [1.29, 1.82) is 0 Å². The Labute approximate surface area is 211 Å². The second-order valence-electron chi connectivity index (χ2n) is 8.70. The Morgan fingerprint density at radius 3 is 2.44 bits per heavy atom. The summed E-state index contributed by atoms with van der Waals surface area (Å²) < 4.78 is 37.1. The van der Waals surface area contributed by atoms with Crippen molar-refractivity contribution in [3.05, 3.63) is 77.2 Å². The highest BCUT2D eigenvalue weighted by molar-refractivity contribution is 7.39. The standard InChI is InChI=1S/C28H29FNO5P/c1-6-35-25(32)16-24(31)28(36(33)34-5)26-22(21-13-12-20(29)14-18(21)4)15-23(30-27(26)17(2)3)19-10-8-7-9-11-19/h1,7-15,17,24,28,31,36H,16H2,2-5H3. The largest absolute Gasteiger partial charge is 0.391 e. The van der Waals surface area contributed by atoms with Crippen molar-refractivity contribution in [3.63, 3.8) is 0 Å². The van der Waals surface area contributed by atoms with Crippen molar-refractivity contribution in [1.82, 2.24) is 4.98 Å². The highest BCUT2D eigenvalue weighted by Gasteiger charge is 2.35. The van der Waals surface area contributed by atoms with Gasteiger partial charge in [0, 0.05) is 18.4 Å². The molecular weight excluding hydrogens is 480 g/mol. The van der Waals surface area contributed by atoms with Crippen molar-refractivity contribution in [3.8, 4) is 34.9 Å². The van der Waals surface area contributed by atoms with E-state index in [2.05, 4.69) is 4.74 Å². The van der Waals surface area contributed by atoms with Gasteiger partial charge in [-0.15, -0.1) is 0 Å². The fraction of sp³-hybridized carbons (Fsp3) is 0.286. The van der Waals surface area contributed by atoms with Crippen LogP contribution in [-0.4, -0.2) is 29.3 Å². The minimum atomic E-state index is -2.93. The molecule has 2 aromatic carbocycles. The van der Waals surface area contributed by atoms with E-state index in [0.29, 0.717) is 33.6 Å². The fourth-order valence-corrected chi connectivity index (χ4v) is 5.47. The summed E-state index contributed by atoms with van der Waals surface area (Å²) >= 11 is 0. The molecule has 3 aromatic rings. The predicted molar refractivity (Wildman–Crippen MR) is 138 cm³/mol. The van der Waals surface area contributed by atoms with E-state index < -0.39 is 38.0 Å². The summed E-state index contributed by atoms with van der Waals surface area (Å²) in [6.45, 7) is 5.64. The van der Waals surface area contributed by atoms with Crippen molar-refractivity contribution < 1.29 is 28.1 Å². The van der Waals surface area contributed by atoms with Crippen LogP contribution >= 0.6 is 8.03 Å². The van der Waals surface area contributed by atoms with Crippen LogP contribution in [0.25, 0.3) is 22.4 Å². The number of pyridine rings is 1. The molecule has 0 spiro atoms. The van der Waals surface area contributed by atoms with Gasteiger partial charge in [-0.1, -0.05) is 56.7 Å². The number of hydrogen-bond acceptors (Lipinski definition) is 6. The van der Waals surface area contributed by atoms with Gasteiger partial charge >= 0.3 is 5.97 Å². The number of halogens is 1. The van der Waals surface area contributed by atoms with E-state index in [-0.39, 0.29) is 5.92 Å². The maximum absolute atomic E-state index is 14.0. The lowest BCUT2D eigenvalue weighted by atomic mass is 9.87. The van der Waals surface area contributed by atoms with Gasteiger partial charge in [-0.25, -0.2) is 4.39 Å². The van der Waals surface area contributed by atoms with Crippen LogP contribution in [0.2, 0.25) is 0 Å². The highest BCUT2D eigenvalue weighted by Crippen LogP contribution is 2.51. The monoisotopic (exact) mass is 509 g/mol. The third kappa shape index (κ3) is 6.09. The molecular formula is C28H29FNO5P. The molecule has 0 fully saturated rings. The first-order valence-electron chi connectivity index (χ1n) is 11.5. The van der Waals surface area contributed by atoms with Gasteiger partial charge in [0.1, 0.15) is 11.9 Å². The van der Waals surface area contributed by atoms with Crippen LogP contribution in [0, 0.1) is 25.3 Å². The third-order valence-electron chi connectivity index (χ3n) is 5.88. The second kappa shape index (κ2) is 12.1. The molecule has 6 nitrogen and oxygen atoms in total. The van der Waals surface area contributed by atoms with E-state index in [0.717, 1.165) is 5.56 Å². The highest BCUT2D eigenvalue weighted by atomic mass is 31.1. The van der Waals surface area contributed by atoms with Crippen molar-refractivity contribution in [2.24, 2.45) is 0 Å². The van der Waals surface area contributed by atoms with Gasteiger partial charge in [0.25, 0.3) is 0 Å². The van der Waals surface area contributed by atoms with Crippen molar-refractivity contribution in [2.45, 2.75) is 44.9 Å². The molecule has 188 valence electrons. The molecule has 3 unspecified atom stereocenters. The summed E-state index contributed by atoms with van der Waals surface area (Å²) in [6.07, 6.45) is 4.91. The summed E-state index contributed by atoms with van der Waals surface area (Å²) in [7, 11) is -1.65. The zero-order chi connectivity index (χ0) is 26.4. The number of aromatic nitrogens is 1. The summed E-state index contributed by atoms with van der Waals surface area (Å²) in [4.78, 5) is 17.0. The average molecular weight is 510 g/mol. The van der Waals surface area contributed by atoms with E-state index in [1.54, 1.807) is 19.1 Å². The molecule has 8 heteroatoms. The fourth-order valence-electron chi connectivity index (χ4n) is 4.24. The number of aliphatic hydroxyl groups excluding tert-OH is 1. The molecule has 0 aliphatic carbocycles. The SMILES string of the molecule is C#COC(=O)CC(O)C(c1c(-c2ccc(F)cc2C)cc(-c2ccccc2)nc1C(C)C)[PH](=O)OC. The third-order valence-corrected chi connectivity index (χ3v) is 7.47. The Balaban J connectivity index is 2.37. The lowest BCUT2D eigenvalue weighted by Crippen LogP contribution is -2.23. The molecule has 1 heterocycles. The minimum absolute atomic E-state index is 0.151. The Morgan fingerprint density at radius 1 is 1.17 bits per heavy atom. The molecule has 0 amide bonds. The first-order chi connectivity index (χ1) is 17.2. The van der Waals surface area contributed by atoms with Gasteiger partial charge < -0.3 is 14.4 Å². The quantitative estimate of drug-likeness (QED) is 0.215. The molecule has 3 rings (SSSR count). The minimum Gasteiger partial charge on any atom is -0.391 e. The van der Waals surface area contributed by atoms with Crippen molar-refractivity contribution >= 4 is 14.0 Å². The first-order valence-corrected chi connectivity index (χ1v) is 12.8. The molecule has 3 atom stereocenters. The Morgan fingerprint density at radius 2 is 1.86 bits per heavy atom. The maximum Gasteiger partial charge on any atom is 0.322 e. The number of carbonyl (C=O) groups excluding carboxylic acids is 1. The second-order valence-corrected chi connectivity index (χ2v) is 10.4. The number of aryl methyl sites for hydroxylation is 1. The van der Waals surface area contributed by atoms with Gasteiger partial charge in [-0.3, -0.25) is 14.3 Å². The summed E-state index contributed by atoms with van der Waals surface area (Å²) in [5.41, 5.74) is 3.44. The molecule has 0 aliphatic rings. The topological polar surface area (TPSA) is 85.7 Å². The molecule has 0 aliphatic heterocycles. The Kier molecular flexibility index (Phi) is 9.17. The van der Waals surface area contributed by atoms with Crippen molar-refractivity contribution in [2.75, 3.05) is 7.11 Å². The number of carbonyl (C=O) groups is 1. The van der Waals surface area contributed by atoms with E-state index in [9.17, 15) is 18.9 Å². The lowest BCUT2D eigenvalue weighted by Gasteiger charge is -2.28. The van der Waals surface area contributed by atoms with E-state index in [1.165, 1.54) is 19.2 Å². The van der Waals surface area contributed by atoms with Gasteiger partial charge in [0.15, 0.2) is 0 Å². The number of rotatable bonds is 9. The van der Waals surface area contributed by atoms with Gasteiger partial charge in [-0.05, 0) is 53.3 Å². The zero-order valence-electron chi connectivity index (χ0n) is 20.6. The number of nitrogens with zero attached hydrogens (tertiary/aromatic N) is 1. The number of terminal acetylenes is 1. The Hall–Kier alpha value is -3.30. The average Bonchev–Trinajstić information content (AvgIpc) is 2.84. The van der Waals surface area contributed by atoms with Crippen LogP contribution in [0.5, 0.6) is 0 Å². The molecule has 0 radical (unpaired) electrons. The van der Waals surface area contributed by atoms with Gasteiger partial charge in [-0.2, -0.15) is 0 Å². The van der Waals surface area contributed by atoms with Crippen LogP contribution in [-0.2, 0) is 18.6 Å². The maximum atomic E-state index is 14.0. The molecule has 1 aromatic heterocycles. The van der Waals surface area contributed by atoms with E-state index in [1.807, 2.05) is 50.2 Å². The number of ether oxygens (including phenoxy) is 1. The van der Waals surface area contributed by atoms with E-state index >= 15 is 0 Å². The summed E-state index contributed by atoms with van der Waals surface area (Å²) in [5, 5.41) is 11.1. The predicted octanol–water partition coefficient (Wildman–Crippen LogP) is 6.03.